The summed E-state index contributed by atoms with van der Waals surface area (Å²) in [5, 5.41) is 15.6. The number of halogens is 1. The van der Waals surface area contributed by atoms with Gasteiger partial charge in [0.25, 0.3) is 0 Å². The van der Waals surface area contributed by atoms with E-state index >= 15 is 0 Å². The summed E-state index contributed by atoms with van der Waals surface area (Å²) < 4.78 is 0. The molecule has 1 aromatic carbocycles. The minimum Gasteiger partial charge on any atom is -0.508 e. The molecule has 0 aliphatic rings. The van der Waals surface area contributed by atoms with Gasteiger partial charge in [0.05, 0.1) is 0 Å². The van der Waals surface area contributed by atoms with E-state index in [2.05, 4.69) is 10.6 Å². The highest BCUT2D eigenvalue weighted by molar-refractivity contribution is 6.31. The number of phenolic OH excluding ortho intramolecular Hbond substituents is 1. The molecule has 4 nitrogen and oxygen atoms in total. The van der Waals surface area contributed by atoms with Crippen molar-refractivity contribution in [3.63, 3.8) is 0 Å². The maximum absolute atomic E-state index is 10.9. The van der Waals surface area contributed by atoms with Crippen molar-refractivity contribution in [1.82, 2.24) is 10.6 Å². The molecule has 1 amide bonds. The minimum atomic E-state index is -0.0177. The molecule has 0 aliphatic carbocycles. The van der Waals surface area contributed by atoms with Crippen LogP contribution < -0.4 is 10.6 Å². The monoisotopic (exact) mass is 242 g/mol. The Kier molecular flexibility index (Phi) is 5.08. The lowest BCUT2D eigenvalue weighted by Gasteiger charge is -2.08. The zero-order chi connectivity index (χ0) is 12.0. The Bertz CT molecular complexity index is 349. The third kappa shape index (κ3) is 3.72. The number of hydrogen-bond donors (Lipinski definition) is 3. The summed E-state index contributed by atoms with van der Waals surface area (Å²) in [4.78, 5) is 10.9. The molecule has 1 rings (SSSR count). The van der Waals surface area contributed by atoms with E-state index < -0.39 is 0 Å². The third-order valence-electron chi connectivity index (χ3n) is 2.20. The number of hydrogen-bond acceptors (Lipinski definition) is 3. The number of phenols is 1. The van der Waals surface area contributed by atoms with Crippen LogP contribution in [0, 0.1) is 0 Å². The van der Waals surface area contributed by atoms with E-state index in [-0.39, 0.29) is 11.7 Å². The topological polar surface area (TPSA) is 61.4 Å². The van der Waals surface area contributed by atoms with Crippen molar-refractivity contribution in [2.45, 2.75) is 13.0 Å². The fourth-order valence-corrected chi connectivity index (χ4v) is 1.50. The lowest BCUT2D eigenvalue weighted by atomic mass is 10.2. The zero-order valence-corrected chi connectivity index (χ0v) is 9.84. The molecule has 0 saturated heterocycles. The van der Waals surface area contributed by atoms with Gasteiger partial charge < -0.3 is 15.7 Å². The maximum atomic E-state index is 10.9. The standard InChI is InChI=1S/C11H15ClN2O2/c1-13-11(16)5-6-14-7-8-9(12)3-2-4-10(8)15/h2-4,14-15H,5-7H2,1H3,(H,13,16). The summed E-state index contributed by atoms with van der Waals surface area (Å²) in [6.07, 6.45) is 0.404. The van der Waals surface area contributed by atoms with Gasteiger partial charge in [-0.2, -0.15) is 0 Å². The average Bonchev–Trinajstić information content (AvgIpc) is 2.27. The molecular weight excluding hydrogens is 228 g/mol. The van der Waals surface area contributed by atoms with E-state index in [0.717, 1.165) is 0 Å². The van der Waals surface area contributed by atoms with Gasteiger partial charge in [-0.25, -0.2) is 0 Å². The highest BCUT2D eigenvalue weighted by Crippen LogP contribution is 2.24. The zero-order valence-electron chi connectivity index (χ0n) is 9.09. The van der Waals surface area contributed by atoms with Crippen LogP contribution >= 0.6 is 11.6 Å². The number of amides is 1. The molecule has 5 heteroatoms. The highest BCUT2D eigenvalue weighted by Gasteiger charge is 2.05. The molecule has 1 aromatic rings. The van der Waals surface area contributed by atoms with Crippen molar-refractivity contribution in [1.29, 1.82) is 0 Å². The highest BCUT2D eigenvalue weighted by atomic mass is 35.5. The van der Waals surface area contributed by atoms with E-state index in [1.165, 1.54) is 0 Å². The van der Waals surface area contributed by atoms with E-state index in [1.807, 2.05) is 0 Å². The molecule has 0 bridgehead atoms. The fraction of sp³-hybridized carbons (Fsp3) is 0.364. The molecular formula is C11H15ClN2O2. The van der Waals surface area contributed by atoms with Gasteiger partial charge in [0, 0.05) is 37.1 Å². The van der Waals surface area contributed by atoms with Crippen molar-refractivity contribution >= 4 is 17.5 Å². The molecule has 0 unspecified atom stereocenters. The van der Waals surface area contributed by atoms with Crippen LogP contribution in [0.5, 0.6) is 5.75 Å². The van der Waals surface area contributed by atoms with Gasteiger partial charge in [-0.1, -0.05) is 17.7 Å². The van der Waals surface area contributed by atoms with Crippen LogP contribution in [-0.4, -0.2) is 24.6 Å². The van der Waals surface area contributed by atoms with E-state index in [4.69, 9.17) is 11.6 Å². The number of rotatable bonds is 5. The Balaban J connectivity index is 2.40. The maximum Gasteiger partial charge on any atom is 0.221 e. The quantitative estimate of drug-likeness (QED) is 0.682. The van der Waals surface area contributed by atoms with Crippen molar-refractivity contribution in [2.24, 2.45) is 0 Å². The molecule has 88 valence electrons. The second-order valence-electron chi connectivity index (χ2n) is 3.34. The van der Waals surface area contributed by atoms with Gasteiger partial charge in [0.15, 0.2) is 0 Å². The summed E-state index contributed by atoms with van der Waals surface area (Å²) in [7, 11) is 1.60. The molecule has 0 atom stereocenters. The number of nitrogens with one attached hydrogen (secondary N) is 2. The van der Waals surface area contributed by atoms with Gasteiger partial charge in [0.1, 0.15) is 5.75 Å². The van der Waals surface area contributed by atoms with Gasteiger partial charge >= 0.3 is 0 Å². The molecule has 0 aliphatic heterocycles. The van der Waals surface area contributed by atoms with E-state index in [0.29, 0.717) is 30.1 Å². The number of benzene rings is 1. The van der Waals surface area contributed by atoms with Gasteiger partial charge in [-0.05, 0) is 12.1 Å². The Morgan fingerprint density at radius 3 is 2.88 bits per heavy atom. The lowest BCUT2D eigenvalue weighted by Crippen LogP contribution is -2.24. The van der Waals surface area contributed by atoms with Gasteiger partial charge in [-0.15, -0.1) is 0 Å². The van der Waals surface area contributed by atoms with Crippen molar-refractivity contribution in [3.8, 4) is 5.75 Å². The molecule has 0 fully saturated rings. The predicted octanol–water partition coefficient (Wildman–Crippen LogP) is 1.27. The van der Waals surface area contributed by atoms with E-state index in [9.17, 15) is 9.90 Å². The molecule has 0 spiro atoms. The second-order valence-corrected chi connectivity index (χ2v) is 3.74. The second kappa shape index (κ2) is 6.35. The fourth-order valence-electron chi connectivity index (χ4n) is 1.26. The van der Waals surface area contributed by atoms with Gasteiger partial charge in [0.2, 0.25) is 5.91 Å². The van der Waals surface area contributed by atoms with Crippen LogP contribution in [0.4, 0.5) is 0 Å². The summed E-state index contributed by atoms with van der Waals surface area (Å²) >= 11 is 5.92. The predicted molar refractivity (Wildman–Crippen MR) is 63.5 cm³/mol. The summed E-state index contributed by atoms with van der Waals surface area (Å²) in [6, 6.07) is 4.99. The van der Waals surface area contributed by atoms with Crippen LogP contribution in [0.2, 0.25) is 5.02 Å². The number of carbonyl (C=O) groups excluding carboxylic acids is 1. The molecule has 16 heavy (non-hydrogen) atoms. The molecule has 3 N–H and O–H groups in total. The first-order valence-corrected chi connectivity index (χ1v) is 5.40. The Hall–Kier alpha value is -1.26. The van der Waals surface area contributed by atoms with Crippen LogP contribution in [0.15, 0.2) is 18.2 Å². The van der Waals surface area contributed by atoms with Crippen LogP contribution in [0.1, 0.15) is 12.0 Å². The third-order valence-corrected chi connectivity index (χ3v) is 2.56. The van der Waals surface area contributed by atoms with Crippen molar-refractivity contribution < 1.29 is 9.90 Å². The number of aromatic hydroxyl groups is 1. The Labute approximate surface area is 99.6 Å². The van der Waals surface area contributed by atoms with Gasteiger partial charge in [-0.3, -0.25) is 4.79 Å². The Morgan fingerprint density at radius 2 is 2.25 bits per heavy atom. The molecule has 0 heterocycles. The van der Waals surface area contributed by atoms with Crippen molar-refractivity contribution in [3.05, 3.63) is 28.8 Å². The first kappa shape index (κ1) is 12.8. The summed E-state index contributed by atoms with van der Waals surface area (Å²) in [5.74, 6) is 0.149. The lowest BCUT2D eigenvalue weighted by molar-refractivity contribution is -0.120. The van der Waals surface area contributed by atoms with Crippen molar-refractivity contribution in [2.75, 3.05) is 13.6 Å². The minimum absolute atomic E-state index is 0.0177. The smallest absolute Gasteiger partial charge is 0.221 e. The normalized spacial score (nSPS) is 10.1. The summed E-state index contributed by atoms with van der Waals surface area (Å²) in [6.45, 7) is 0.993. The molecule has 0 aromatic heterocycles. The average molecular weight is 243 g/mol. The number of carbonyl (C=O) groups is 1. The first-order valence-electron chi connectivity index (χ1n) is 5.02. The molecule has 0 radical (unpaired) electrons. The van der Waals surface area contributed by atoms with Crippen LogP contribution in [0.3, 0.4) is 0 Å². The van der Waals surface area contributed by atoms with Crippen LogP contribution in [-0.2, 0) is 11.3 Å². The Morgan fingerprint density at radius 1 is 1.50 bits per heavy atom. The first-order chi connectivity index (χ1) is 7.65. The summed E-state index contributed by atoms with van der Waals surface area (Å²) in [5.41, 5.74) is 0.654. The van der Waals surface area contributed by atoms with Crippen LogP contribution in [0.25, 0.3) is 0 Å². The molecule has 0 saturated carbocycles. The SMILES string of the molecule is CNC(=O)CCNCc1c(O)cccc1Cl. The largest absolute Gasteiger partial charge is 0.508 e. The van der Waals surface area contributed by atoms with E-state index in [1.54, 1.807) is 25.2 Å².